The first-order chi connectivity index (χ1) is 13.2. The van der Waals surface area contributed by atoms with Gasteiger partial charge in [0.25, 0.3) is 0 Å². The van der Waals surface area contributed by atoms with E-state index in [1.165, 1.54) is 17.5 Å². The van der Waals surface area contributed by atoms with E-state index in [0.29, 0.717) is 11.8 Å². The standard InChI is InChI=1S/C21H33N5O/c1-17-5-3-6-18(15-17)16-24-21(22-2)23-9-10-25-11-13-26(14-12-25)20(27)19-7-4-8-19/h3,5-6,15,19H,4,7-14,16H2,1-2H3,(H2,22,23,24). The lowest BCUT2D eigenvalue weighted by molar-refractivity contribution is -0.139. The van der Waals surface area contributed by atoms with Gasteiger partial charge in [0.05, 0.1) is 0 Å². The fourth-order valence-corrected chi connectivity index (χ4v) is 3.67. The SMILES string of the molecule is CN=C(NCCN1CCN(C(=O)C2CCC2)CC1)NCc1cccc(C)c1. The monoisotopic (exact) mass is 371 g/mol. The number of carbonyl (C=O) groups is 1. The normalized spacial score (nSPS) is 18.9. The minimum absolute atomic E-state index is 0.320. The first-order valence-corrected chi connectivity index (χ1v) is 10.2. The molecule has 0 radical (unpaired) electrons. The summed E-state index contributed by atoms with van der Waals surface area (Å²) in [5.74, 6) is 1.54. The van der Waals surface area contributed by atoms with Gasteiger partial charge in [0, 0.05) is 58.8 Å². The number of amides is 1. The molecule has 2 aliphatic rings. The quantitative estimate of drug-likeness (QED) is 0.589. The van der Waals surface area contributed by atoms with Gasteiger partial charge >= 0.3 is 0 Å². The molecular weight excluding hydrogens is 338 g/mol. The third-order valence-electron chi connectivity index (χ3n) is 5.62. The minimum Gasteiger partial charge on any atom is -0.355 e. The molecule has 1 saturated heterocycles. The van der Waals surface area contributed by atoms with Crippen LogP contribution < -0.4 is 10.6 Å². The summed E-state index contributed by atoms with van der Waals surface area (Å²) in [4.78, 5) is 21.1. The molecule has 27 heavy (non-hydrogen) atoms. The third kappa shape index (κ3) is 5.70. The molecule has 6 nitrogen and oxygen atoms in total. The Hall–Kier alpha value is -2.08. The van der Waals surface area contributed by atoms with Crippen molar-refractivity contribution >= 4 is 11.9 Å². The van der Waals surface area contributed by atoms with E-state index in [9.17, 15) is 4.79 Å². The molecule has 1 heterocycles. The minimum atomic E-state index is 0.320. The smallest absolute Gasteiger partial charge is 0.225 e. The molecular formula is C21H33N5O. The fraction of sp³-hybridized carbons (Fsp3) is 0.619. The fourth-order valence-electron chi connectivity index (χ4n) is 3.67. The van der Waals surface area contributed by atoms with Gasteiger partial charge in [0.15, 0.2) is 5.96 Å². The molecule has 1 aromatic rings. The van der Waals surface area contributed by atoms with Crippen LogP contribution in [0.4, 0.5) is 0 Å². The Morgan fingerprint density at radius 3 is 2.59 bits per heavy atom. The molecule has 1 aliphatic heterocycles. The number of piperazine rings is 1. The zero-order chi connectivity index (χ0) is 19.1. The zero-order valence-electron chi connectivity index (χ0n) is 16.7. The number of hydrogen-bond acceptors (Lipinski definition) is 3. The van der Waals surface area contributed by atoms with E-state index < -0.39 is 0 Å². The topological polar surface area (TPSA) is 60.0 Å². The van der Waals surface area contributed by atoms with E-state index >= 15 is 0 Å². The van der Waals surface area contributed by atoms with Gasteiger partial charge in [-0.15, -0.1) is 0 Å². The van der Waals surface area contributed by atoms with Crippen LogP contribution in [-0.2, 0) is 11.3 Å². The molecule has 6 heteroatoms. The van der Waals surface area contributed by atoms with Crippen molar-refractivity contribution in [3.63, 3.8) is 0 Å². The Morgan fingerprint density at radius 1 is 1.19 bits per heavy atom. The Labute approximate surface area is 163 Å². The highest BCUT2D eigenvalue weighted by molar-refractivity contribution is 5.80. The third-order valence-corrected chi connectivity index (χ3v) is 5.62. The van der Waals surface area contributed by atoms with Gasteiger partial charge in [0.2, 0.25) is 5.91 Å². The van der Waals surface area contributed by atoms with Crippen molar-refractivity contribution in [2.24, 2.45) is 10.9 Å². The van der Waals surface area contributed by atoms with Crippen LogP contribution in [0.15, 0.2) is 29.3 Å². The summed E-state index contributed by atoms with van der Waals surface area (Å²) >= 11 is 0. The van der Waals surface area contributed by atoms with E-state index in [4.69, 9.17) is 0 Å². The molecule has 0 spiro atoms. The predicted octanol–water partition coefficient (Wildman–Crippen LogP) is 1.60. The van der Waals surface area contributed by atoms with Crippen molar-refractivity contribution in [3.05, 3.63) is 35.4 Å². The molecule has 2 fully saturated rings. The Morgan fingerprint density at radius 2 is 1.96 bits per heavy atom. The van der Waals surface area contributed by atoms with Gasteiger partial charge in [0.1, 0.15) is 0 Å². The van der Waals surface area contributed by atoms with Crippen LogP contribution in [0.5, 0.6) is 0 Å². The Balaban J connectivity index is 1.32. The molecule has 1 amide bonds. The van der Waals surface area contributed by atoms with E-state index in [0.717, 1.165) is 64.6 Å². The van der Waals surface area contributed by atoms with Crippen molar-refractivity contribution in [2.45, 2.75) is 32.7 Å². The summed E-state index contributed by atoms with van der Waals surface area (Å²) in [6.45, 7) is 8.37. The van der Waals surface area contributed by atoms with Crippen LogP contribution in [0, 0.1) is 12.8 Å². The Bertz CT molecular complexity index is 648. The molecule has 2 N–H and O–H groups in total. The van der Waals surface area contributed by atoms with E-state index in [1.54, 1.807) is 7.05 Å². The highest BCUT2D eigenvalue weighted by Crippen LogP contribution is 2.28. The van der Waals surface area contributed by atoms with Crippen LogP contribution >= 0.6 is 0 Å². The lowest BCUT2D eigenvalue weighted by Gasteiger charge is -2.38. The summed E-state index contributed by atoms with van der Waals surface area (Å²) in [5, 5.41) is 6.75. The summed E-state index contributed by atoms with van der Waals surface area (Å²) in [7, 11) is 1.80. The van der Waals surface area contributed by atoms with Crippen LogP contribution in [-0.4, -0.2) is 68.0 Å². The first-order valence-electron chi connectivity index (χ1n) is 10.2. The second-order valence-electron chi connectivity index (χ2n) is 7.64. The number of aliphatic imine (C=N–C) groups is 1. The number of nitrogens with one attached hydrogen (secondary N) is 2. The molecule has 1 aromatic carbocycles. The molecule has 0 atom stereocenters. The van der Waals surface area contributed by atoms with Gasteiger partial charge < -0.3 is 15.5 Å². The van der Waals surface area contributed by atoms with Gasteiger partial charge in [-0.2, -0.15) is 0 Å². The maximum absolute atomic E-state index is 12.3. The number of hydrogen-bond donors (Lipinski definition) is 2. The van der Waals surface area contributed by atoms with Crippen molar-refractivity contribution in [1.29, 1.82) is 0 Å². The van der Waals surface area contributed by atoms with Gasteiger partial charge in [-0.25, -0.2) is 0 Å². The van der Waals surface area contributed by atoms with E-state index in [-0.39, 0.29) is 0 Å². The highest BCUT2D eigenvalue weighted by Gasteiger charge is 2.30. The second-order valence-corrected chi connectivity index (χ2v) is 7.64. The van der Waals surface area contributed by atoms with Crippen LogP contribution in [0.2, 0.25) is 0 Å². The largest absolute Gasteiger partial charge is 0.355 e. The lowest BCUT2D eigenvalue weighted by Crippen LogP contribution is -2.52. The van der Waals surface area contributed by atoms with Crippen LogP contribution in [0.25, 0.3) is 0 Å². The predicted molar refractivity (Wildman–Crippen MR) is 110 cm³/mol. The van der Waals surface area contributed by atoms with Crippen molar-refractivity contribution < 1.29 is 4.79 Å². The average Bonchev–Trinajstić information content (AvgIpc) is 2.63. The lowest BCUT2D eigenvalue weighted by atomic mass is 9.84. The number of carbonyl (C=O) groups excluding carboxylic acids is 1. The van der Waals surface area contributed by atoms with Crippen molar-refractivity contribution in [2.75, 3.05) is 46.3 Å². The zero-order valence-corrected chi connectivity index (χ0v) is 16.7. The number of rotatable bonds is 6. The van der Waals surface area contributed by atoms with Gasteiger partial charge in [-0.1, -0.05) is 36.2 Å². The summed E-state index contributed by atoms with van der Waals surface area (Å²) in [6, 6.07) is 8.50. The highest BCUT2D eigenvalue weighted by atomic mass is 16.2. The molecule has 1 saturated carbocycles. The maximum atomic E-state index is 12.3. The Kier molecular flexibility index (Phi) is 7.10. The second kappa shape index (κ2) is 9.74. The summed E-state index contributed by atoms with van der Waals surface area (Å²) < 4.78 is 0. The number of nitrogens with zero attached hydrogens (tertiary/aromatic N) is 3. The molecule has 3 rings (SSSR count). The molecule has 0 bridgehead atoms. The van der Waals surface area contributed by atoms with Crippen molar-refractivity contribution in [3.8, 4) is 0 Å². The number of guanidine groups is 1. The van der Waals surface area contributed by atoms with Gasteiger partial charge in [-0.05, 0) is 25.3 Å². The van der Waals surface area contributed by atoms with E-state index in [1.807, 2.05) is 0 Å². The van der Waals surface area contributed by atoms with E-state index in [2.05, 4.69) is 56.6 Å². The van der Waals surface area contributed by atoms with Crippen LogP contribution in [0.3, 0.4) is 0 Å². The first kappa shape index (κ1) is 19.7. The molecule has 1 aliphatic carbocycles. The van der Waals surface area contributed by atoms with Crippen LogP contribution in [0.1, 0.15) is 30.4 Å². The maximum Gasteiger partial charge on any atom is 0.225 e. The summed E-state index contributed by atoms with van der Waals surface area (Å²) in [5.41, 5.74) is 2.53. The molecule has 0 unspecified atom stereocenters. The number of aryl methyl sites for hydroxylation is 1. The average molecular weight is 372 g/mol. The summed E-state index contributed by atoms with van der Waals surface area (Å²) in [6.07, 6.45) is 3.41. The van der Waals surface area contributed by atoms with Crippen molar-refractivity contribution in [1.82, 2.24) is 20.4 Å². The molecule has 0 aromatic heterocycles. The molecule has 148 valence electrons. The number of benzene rings is 1. The van der Waals surface area contributed by atoms with Gasteiger partial charge in [-0.3, -0.25) is 14.7 Å².